The quantitative estimate of drug-likeness (QED) is 0.445. The number of hydrogen-bond donors (Lipinski definition) is 3. The number of amides is 2. The van der Waals surface area contributed by atoms with Crippen LogP contribution >= 0.6 is 0 Å². The van der Waals surface area contributed by atoms with Crippen molar-refractivity contribution in [2.75, 3.05) is 0 Å². The van der Waals surface area contributed by atoms with Gasteiger partial charge in [-0.15, -0.1) is 0 Å². The van der Waals surface area contributed by atoms with E-state index in [9.17, 15) is 14.4 Å². The van der Waals surface area contributed by atoms with Crippen LogP contribution < -0.4 is 10.6 Å². The number of nitrogens with one attached hydrogen (secondary N) is 3. The molecule has 0 aliphatic heterocycles. The third kappa shape index (κ3) is 5.96. The Hall–Kier alpha value is -2.89. The maximum Gasteiger partial charge on any atom is 0.268 e. The summed E-state index contributed by atoms with van der Waals surface area (Å²) < 4.78 is 0. The molecule has 1 aromatic heterocycles. The normalized spacial score (nSPS) is 16.4. The number of benzene rings is 1. The highest BCUT2D eigenvalue weighted by atomic mass is 16.2. The molecule has 1 aliphatic carbocycles. The summed E-state index contributed by atoms with van der Waals surface area (Å²) in [6.07, 6.45) is 5.00. The highest BCUT2D eigenvalue weighted by molar-refractivity contribution is 6.05. The Morgan fingerprint density at radius 1 is 1.06 bits per heavy atom. The average Bonchev–Trinajstić information content (AvgIpc) is 3.14. The molecule has 0 saturated carbocycles. The van der Waals surface area contributed by atoms with Crippen molar-refractivity contribution < 1.29 is 14.4 Å². The average molecular weight is 466 g/mol. The fourth-order valence-electron chi connectivity index (χ4n) is 4.87. The molecule has 3 N–H and O–H groups in total. The van der Waals surface area contributed by atoms with Crippen molar-refractivity contribution in [2.24, 2.45) is 5.41 Å². The lowest BCUT2D eigenvalue weighted by Crippen LogP contribution is -2.47. The number of ketones is 1. The smallest absolute Gasteiger partial charge is 0.268 e. The van der Waals surface area contributed by atoms with Crippen molar-refractivity contribution in [3.05, 3.63) is 58.4 Å². The van der Waals surface area contributed by atoms with Crippen LogP contribution in [0.3, 0.4) is 0 Å². The van der Waals surface area contributed by atoms with Gasteiger partial charge >= 0.3 is 0 Å². The molecule has 0 radical (unpaired) electrons. The molecule has 0 fully saturated rings. The van der Waals surface area contributed by atoms with E-state index in [0.717, 1.165) is 42.5 Å². The number of H-pyrrole nitrogens is 1. The lowest BCUT2D eigenvalue weighted by atomic mass is 9.75. The van der Waals surface area contributed by atoms with Crippen molar-refractivity contribution in [1.82, 2.24) is 15.6 Å². The highest BCUT2D eigenvalue weighted by Crippen LogP contribution is 2.37. The Kier molecular flexibility index (Phi) is 8.34. The van der Waals surface area contributed by atoms with Crippen molar-refractivity contribution in [3.8, 4) is 0 Å². The summed E-state index contributed by atoms with van der Waals surface area (Å²) >= 11 is 0. The molecule has 3 rings (SSSR count). The van der Waals surface area contributed by atoms with Gasteiger partial charge in [0.2, 0.25) is 5.91 Å². The fourth-order valence-corrected chi connectivity index (χ4v) is 4.87. The molecule has 34 heavy (non-hydrogen) atoms. The first-order valence-electron chi connectivity index (χ1n) is 12.6. The lowest BCUT2D eigenvalue weighted by Gasteiger charge is -2.28. The van der Waals surface area contributed by atoms with E-state index in [-0.39, 0.29) is 29.1 Å². The molecular formula is C28H39N3O3. The maximum absolute atomic E-state index is 13.4. The number of hydrogen-bond acceptors (Lipinski definition) is 3. The van der Waals surface area contributed by atoms with Crippen LogP contribution in [-0.2, 0) is 17.6 Å². The molecule has 1 aliphatic rings. The molecule has 2 aromatic rings. The first kappa shape index (κ1) is 25.7. The predicted molar refractivity (Wildman–Crippen MR) is 135 cm³/mol. The van der Waals surface area contributed by atoms with Crippen LogP contribution in [0, 0.1) is 5.41 Å². The van der Waals surface area contributed by atoms with Gasteiger partial charge in [0.1, 0.15) is 11.7 Å². The zero-order chi connectivity index (χ0) is 24.9. The van der Waals surface area contributed by atoms with Gasteiger partial charge in [-0.1, -0.05) is 77.3 Å². The molecule has 1 unspecified atom stereocenters. The van der Waals surface area contributed by atoms with Crippen molar-refractivity contribution in [2.45, 2.75) is 91.6 Å². The third-order valence-electron chi connectivity index (χ3n) is 6.61. The summed E-state index contributed by atoms with van der Waals surface area (Å²) in [6.45, 7) is 10.2. The molecule has 1 aromatic carbocycles. The Bertz CT molecular complexity index is 1020. The molecule has 6 heteroatoms. The second-order valence-electron chi connectivity index (χ2n) is 10.3. The van der Waals surface area contributed by atoms with Crippen LogP contribution in [0.1, 0.15) is 110 Å². The number of Topliss-reactive ketones (excluding diaryl/α,β-unsaturated/α-hetero) is 1. The summed E-state index contributed by atoms with van der Waals surface area (Å²) in [5.74, 6) is -0.405. The Morgan fingerprint density at radius 2 is 1.76 bits per heavy atom. The standard InChI is InChI=1S/C28H39N3O3/c1-6-8-15-21(26(33)29-18(3)19-13-10-9-11-14-19)31-27(34)25-20(12-7-2)24-22(30-25)16-28(4,5)17-23(24)32/h9-11,13-14,18,21,30H,6-8,12,15-17H2,1-5H3,(H,29,33)(H,31,34)/t18-,21?/m0/s1. The summed E-state index contributed by atoms with van der Waals surface area (Å²) in [4.78, 5) is 42.8. The van der Waals surface area contributed by atoms with Gasteiger partial charge in [-0.05, 0) is 42.7 Å². The van der Waals surface area contributed by atoms with Crippen LogP contribution in [0.5, 0.6) is 0 Å². The van der Waals surface area contributed by atoms with Gasteiger partial charge in [0.25, 0.3) is 5.91 Å². The Labute approximate surface area is 203 Å². The number of aromatic nitrogens is 1. The second kappa shape index (κ2) is 11.0. The fraction of sp³-hybridized carbons (Fsp3) is 0.536. The zero-order valence-electron chi connectivity index (χ0n) is 21.2. The minimum Gasteiger partial charge on any atom is -0.354 e. The van der Waals surface area contributed by atoms with E-state index in [0.29, 0.717) is 30.5 Å². The van der Waals surface area contributed by atoms with E-state index in [4.69, 9.17) is 0 Å². The SMILES string of the molecule is CCCCC(NC(=O)c1[nH]c2c(c1CCC)C(=O)CC(C)(C)C2)C(=O)N[C@@H](C)c1ccccc1. The van der Waals surface area contributed by atoms with Gasteiger partial charge in [-0.3, -0.25) is 14.4 Å². The van der Waals surface area contributed by atoms with Crippen molar-refractivity contribution >= 4 is 17.6 Å². The van der Waals surface area contributed by atoms with Crippen molar-refractivity contribution in [3.63, 3.8) is 0 Å². The monoisotopic (exact) mass is 465 g/mol. The number of carbonyl (C=O) groups excluding carboxylic acids is 3. The summed E-state index contributed by atoms with van der Waals surface area (Å²) in [5, 5.41) is 6.03. The zero-order valence-corrected chi connectivity index (χ0v) is 21.2. The largest absolute Gasteiger partial charge is 0.354 e. The van der Waals surface area contributed by atoms with E-state index in [1.807, 2.05) is 44.2 Å². The predicted octanol–water partition coefficient (Wildman–Crippen LogP) is 5.29. The lowest BCUT2D eigenvalue weighted by molar-refractivity contribution is -0.123. The summed E-state index contributed by atoms with van der Waals surface area (Å²) in [6, 6.07) is 8.98. The topological polar surface area (TPSA) is 91.1 Å². The van der Waals surface area contributed by atoms with Gasteiger partial charge in [0, 0.05) is 17.7 Å². The van der Waals surface area contributed by atoms with Gasteiger partial charge in [-0.2, -0.15) is 0 Å². The second-order valence-corrected chi connectivity index (χ2v) is 10.3. The maximum atomic E-state index is 13.4. The molecule has 0 saturated heterocycles. The van der Waals surface area contributed by atoms with Crippen LogP contribution in [0.4, 0.5) is 0 Å². The molecule has 184 valence electrons. The number of fused-ring (bicyclic) bond motifs is 1. The van der Waals surface area contributed by atoms with Crippen LogP contribution in [0.2, 0.25) is 0 Å². The van der Waals surface area contributed by atoms with Gasteiger partial charge < -0.3 is 15.6 Å². The number of aromatic amines is 1. The van der Waals surface area contributed by atoms with E-state index in [1.165, 1.54) is 0 Å². The number of unbranched alkanes of at least 4 members (excludes halogenated alkanes) is 1. The number of carbonyl (C=O) groups is 3. The molecule has 0 spiro atoms. The van der Waals surface area contributed by atoms with E-state index < -0.39 is 6.04 Å². The number of rotatable bonds is 10. The Balaban J connectivity index is 1.83. The summed E-state index contributed by atoms with van der Waals surface area (Å²) in [5.41, 5.74) is 3.65. The first-order chi connectivity index (χ1) is 16.2. The molecule has 2 atom stereocenters. The highest BCUT2D eigenvalue weighted by Gasteiger charge is 2.36. The van der Waals surface area contributed by atoms with Gasteiger partial charge in [-0.25, -0.2) is 0 Å². The van der Waals surface area contributed by atoms with E-state index in [2.05, 4.69) is 36.4 Å². The van der Waals surface area contributed by atoms with Crippen LogP contribution in [-0.4, -0.2) is 28.6 Å². The molecule has 0 bridgehead atoms. The van der Waals surface area contributed by atoms with Gasteiger partial charge in [0.05, 0.1) is 6.04 Å². The minimum atomic E-state index is -0.638. The van der Waals surface area contributed by atoms with Gasteiger partial charge in [0.15, 0.2) is 5.78 Å². The van der Waals surface area contributed by atoms with Crippen molar-refractivity contribution in [1.29, 1.82) is 0 Å². The Morgan fingerprint density at radius 3 is 2.41 bits per heavy atom. The molecule has 6 nitrogen and oxygen atoms in total. The summed E-state index contributed by atoms with van der Waals surface area (Å²) in [7, 11) is 0. The molecule has 1 heterocycles. The van der Waals surface area contributed by atoms with Crippen LogP contribution in [0.15, 0.2) is 30.3 Å². The van der Waals surface area contributed by atoms with E-state index in [1.54, 1.807) is 0 Å². The third-order valence-corrected chi connectivity index (χ3v) is 6.61. The minimum absolute atomic E-state index is 0.0990. The molecule has 2 amide bonds. The van der Waals surface area contributed by atoms with Crippen LogP contribution in [0.25, 0.3) is 0 Å². The molecular weight excluding hydrogens is 426 g/mol. The van der Waals surface area contributed by atoms with E-state index >= 15 is 0 Å². The first-order valence-corrected chi connectivity index (χ1v) is 12.6.